The van der Waals surface area contributed by atoms with Crippen LogP contribution >= 0.6 is 11.6 Å². The van der Waals surface area contributed by atoms with Gasteiger partial charge in [-0.15, -0.1) is 0 Å². The highest BCUT2D eigenvalue weighted by Crippen LogP contribution is 2.16. The van der Waals surface area contributed by atoms with Gasteiger partial charge in [0.25, 0.3) is 0 Å². The highest BCUT2D eigenvalue weighted by molar-refractivity contribution is 6.31. The van der Waals surface area contributed by atoms with Crippen molar-refractivity contribution < 1.29 is 4.79 Å². The lowest BCUT2D eigenvalue weighted by atomic mass is 10.0. The van der Waals surface area contributed by atoms with Crippen LogP contribution in [-0.2, 0) is 6.54 Å². The van der Waals surface area contributed by atoms with Gasteiger partial charge in [-0.2, -0.15) is 5.26 Å². The molecular weight excluding hydrogens is 336 g/mol. The van der Waals surface area contributed by atoms with Crippen LogP contribution in [0.25, 0.3) is 0 Å². The number of nitrogens with one attached hydrogen (secondary N) is 1. The largest absolute Gasteiger partial charge is 0.350 e. The lowest BCUT2D eigenvalue weighted by Gasteiger charge is -2.07. The molecule has 0 bridgehead atoms. The van der Waals surface area contributed by atoms with Crippen molar-refractivity contribution in [2.24, 2.45) is 0 Å². The molecule has 1 N–H and O–H groups in total. The summed E-state index contributed by atoms with van der Waals surface area (Å²) in [5.74, 6) is 0.178. The molecule has 6 heteroatoms. The molecule has 2 aromatic carbocycles. The van der Waals surface area contributed by atoms with E-state index in [0.29, 0.717) is 34.2 Å². The van der Waals surface area contributed by atoms with Crippen LogP contribution in [0.4, 0.5) is 5.95 Å². The summed E-state index contributed by atoms with van der Waals surface area (Å²) in [4.78, 5) is 20.7. The number of carbonyl (C=O) groups is 1. The molecule has 122 valence electrons. The highest BCUT2D eigenvalue weighted by atomic mass is 35.5. The van der Waals surface area contributed by atoms with E-state index in [-0.39, 0.29) is 5.78 Å². The van der Waals surface area contributed by atoms with Crippen LogP contribution in [0.15, 0.2) is 60.9 Å². The van der Waals surface area contributed by atoms with Crippen molar-refractivity contribution in [2.75, 3.05) is 5.32 Å². The fourth-order valence-electron chi connectivity index (χ4n) is 2.25. The number of hydrogen-bond acceptors (Lipinski definition) is 5. The first-order chi connectivity index (χ1) is 12.2. The Balaban J connectivity index is 1.70. The fraction of sp³-hybridized carbons (Fsp3) is 0.0526. The molecule has 5 nitrogen and oxygen atoms in total. The average molecular weight is 349 g/mol. The summed E-state index contributed by atoms with van der Waals surface area (Å²) < 4.78 is 0. The molecule has 1 heterocycles. The van der Waals surface area contributed by atoms with Crippen LogP contribution in [0.2, 0.25) is 5.02 Å². The first kappa shape index (κ1) is 16.6. The zero-order valence-electron chi connectivity index (χ0n) is 13.1. The van der Waals surface area contributed by atoms with Gasteiger partial charge in [-0.05, 0) is 23.8 Å². The Morgan fingerprint density at radius 1 is 1.08 bits per heavy atom. The second kappa shape index (κ2) is 7.56. The van der Waals surface area contributed by atoms with Crippen molar-refractivity contribution in [3.8, 4) is 6.07 Å². The van der Waals surface area contributed by atoms with E-state index in [9.17, 15) is 4.79 Å². The minimum absolute atomic E-state index is 0.227. The maximum atomic E-state index is 12.4. The zero-order chi connectivity index (χ0) is 17.6. The van der Waals surface area contributed by atoms with E-state index in [4.69, 9.17) is 16.9 Å². The van der Waals surface area contributed by atoms with Gasteiger partial charge in [0.15, 0.2) is 5.78 Å². The third-order valence-corrected chi connectivity index (χ3v) is 3.93. The molecular formula is C19H13ClN4O. The second-order valence-corrected chi connectivity index (χ2v) is 5.67. The molecule has 0 saturated heterocycles. The third kappa shape index (κ3) is 4.00. The maximum absolute atomic E-state index is 12.4. The van der Waals surface area contributed by atoms with Crippen molar-refractivity contribution >= 4 is 23.3 Å². The summed E-state index contributed by atoms with van der Waals surface area (Å²) in [6.07, 6.45) is 2.92. The predicted molar refractivity (Wildman–Crippen MR) is 95.4 cm³/mol. The van der Waals surface area contributed by atoms with E-state index in [1.165, 1.54) is 12.4 Å². The topological polar surface area (TPSA) is 78.7 Å². The van der Waals surface area contributed by atoms with Gasteiger partial charge >= 0.3 is 0 Å². The van der Waals surface area contributed by atoms with Gasteiger partial charge in [0.2, 0.25) is 5.95 Å². The number of halogens is 1. The molecule has 0 unspecified atom stereocenters. The molecule has 0 aliphatic rings. The number of hydrogen-bond donors (Lipinski definition) is 1. The van der Waals surface area contributed by atoms with Gasteiger partial charge in [0, 0.05) is 29.5 Å². The summed E-state index contributed by atoms with van der Waals surface area (Å²) in [7, 11) is 0. The standard InChI is InChI=1S/C19H13ClN4O/c20-17-7-2-1-5-15(17)10-22-19-23-11-16(12-24-19)18(25)14-6-3-4-13(8-14)9-21/h1-8,11-12H,10H2,(H,22,23,24). The molecule has 0 aliphatic carbocycles. The average Bonchev–Trinajstić information content (AvgIpc) is 2.67. The molecule has 0 fully saturated rings. The second-order valence-electron chi connectivity index (χ2n) is 5.26. The van der Waals surface area contributed by atoms with E-state index in [2.05, 4.69) is 15.3 Å². The highest BCUT2D eigenvalue weighted by Gasteiger charge is 2.11. The summed E-state index contributed by atoms with van der Waals surface area (Å²) in [6.45, 7) is 0.483. The van der Waals surface area contributed by atoms with Gasteiger partial charge in [-0.3, -0.25) is 4.79 Å². The Hall–Kier alpha value is -3.23. The number of benzene rings is 2. The lowest BCUT2D eigenvalue weighted by molar-refractivity contribution is 0.103. The molecule has 3 aromatic rings. The summed E-state index contributed by atoms with van der Waals surface area (Å²) >= 11 is 6.10. The lowest BCUT2D eigenvalue weighted by Crippen LogP contribution is -2.07. The summed E-state index contributed by atoms with van der Waals surface area (Å²) in [5, 5.41) is 12.7. The molecule has 3 rings (SSSR count). The van der Waals surface area contributed by atoms with E-state index in [1.807, 2.05) is 30.3 Å². The van der Waals surface area contributed by atoms with Crippen LogP contribution in [-0.4, -0.2) is 15.8 Å². The molecule has 0 aliphatic heterocycles. The van der Waals surface area contributed by atoms with Gasteiger partial charge < -0.3 is 5.32 Å². The predicted octanol–water partition coefficient (Wildman–Crippen LogP) is 3.84. The quantitative estimate of drug-likeness (QED) is 0.708. The number of nitrogens with zero attached hydrogens (tertiary/aromatic N) is 3. The van der Waals surface area contributed by atoms with E-state index < -0.39 is 0 Å². The van der Waals surface area contributed by atoms with Gasteiger partial charge in [0.1, 0.15) is 0 Å². The number of aromatic nitrogens is 2. The van der Waals surface area contributed by atoms with Crippen molar-refractivity contribution in [3.63, 3.8) is 0 Å². The normalized spacial score (nSPS) is 10.1. The van der Waals surface area contributed by atoms with Crippen molar-refractivity contribution in [1.29, 1.82) is 5.26 Å². The summed E-state index contributed by atoms with van der Waals surface area (Å²) in [6, 6.07) is 16.0. The first-order valence-corrected chi connectivity index (χ1v) is 7.89. The van der Waals surface area contributed by atoms with Gasteiger partial charge in [0.05, 0.1) is 17.2 Å². The van der Waals surface area contributed by atoms with E-state index in [1.54, 1.807) is 24.3 Å². The van der Waals surface area contributed by atoms with Crippen LogP contribution in [0.1, 0.15) is 27.0 Å². The third-order valence-electron chi connectivity index (χ3n) is 3.56. The van der Waals surface area contributed by atoms with E-state index in [0.717, 1.165) is 5.56 Å². The zero-order valence-corrected chi connectivity index (χ0v) is 13.9. The molecule has 0 radical (unpaired) electrons. The number of ketones is 1. The van der Waals surface area contributed by atoms with E-state index >= 15 is 0 Å². The Morgan fingerprint density at radius 3 is 2.56 bits per heavy atom. The van der Waals surface area contributed by atoms with Gasteiger partial charge in [-0.25, -0.2) is 9.97 Å². The number of nitriles is 1. The molecule has 0 saturated carbocycles. The van der Waals surface area contributed by atoms with Crippen molar-refractivity contribution in [2.45, 2.75) is 6.54 Å². The molecule has 25 heavy (non-hydrogen) atoms. The number of rotatable bonds is 5. The minimum atomic E-state index is -0.227. The Bertz CT molecular complexity index is 948. The van der Waals surface area contributed by atoms with Crippen LogP contribution in [0.3, 0.4) is 0 Å². The van der Waals surface area contributed by atoms with Gasteiger partial charge in [-0.1, -0.05) is 41.9 Å². The van der Waals surface area contributed by atoms with Crippen molar-refractivity contribution in [3.05, 3.63) is 88.2 Å². The smallest absolute Gasteiger partial charge is 0.222 e. The first-order valence-electron chi connectivity index (χ1n) is 7.51. The Kier molecular flexibility index (Phi) is 5.03. The Labute approximate surface area is 149 Å². The van der Waals surface area contributed by atoms with Crippen LogP contribution < -0.4 is 5.32 Å². The molecule has 0 amide bonds. The molecule has 0 spiro atoms. The summed E-state index contributed by atoms with van der Waals surface area (Å²) in [5.41, 5.74) is 2.16. The SMILES string of the molecule is N#Cc1cccc(C(=O)c2cnc(NCc3ccccc3Cl)nc2)c1. The fourth-order valence-corrected chi connectivity index (χ4v) is 2.45. The minimum Gasteiger partial charge on any atom is -0.350 e. The maximum Gasteiger partial charge on any atom is 0.222 e. The monoisotopic (exact) mass is 348 g/mol. The Morgan fingerprint density at radius 2 is 1.84 bits per heavy atom. The number of carbonyl (C=O) groups excluding carboxylic acids is 1. The molecule has 0 atom stereocenters. The number of anilines is 1. The molecule has 1 aromatic heterocycles. The van der Waals surface area contributed by atoms with Crippen LogP contribution in [0.5, 0.6) is 0 Å². The van der Waals surface area contributed by atoms with Crippen LogP contribution in [0, 0.1) is 11.3 Å². The van der Waals surface area contributed by atoms with Crippen molar-refractivity contribution in [1.82, 2.24) is 9.97 Å².